The molecule has 0 spiro atoms. The summed E-state index contributed by atoms with van der Waals surface area (Å²) in [5, 5.41) is 0.414. The fourth-order valence-corrected chi connectivity index (χ4v) is 4.21. The van der Waals surface area contributed by atoms with E-state index in [1.165, 1.54) is 12.0 Å². The van der Waals surface area contributed by atoms with Gasteiger partial charge in [-0.2, -0.15) is 0 Å². The summed E-state index contributed by atoms with van der Waals surface area (Å²) in [6, 6.07) is 14.8. The second-order valence-electron chi connectivity index (χ2n) is 8.06. The van der Waals surface area contributed by atoms with Crippen LogP contribution >= 0.6 is 0 Å². The lowest BCUT2D eigenvalue weighted by atomic mass is 9.97. The van der Waals surface area contributed by atoms with Crippen LogP contribution < -0.4 is 10.3 Å². The molecule has 0 aliphatic carbocycles. The number of carbonyl (C=O) groups is 2. The zero-order valence-electron chi connectivity index (χ0n) is 18.3. The minimum absolute atomic E-state index is 0.00158. The molecule has 1 aliphatic heterocycles. The van der Waals surface area contributed by atoms with E-state index < -0.39 is 17.9 Å². The molecule has 0 saturated heterocycles. The Bertz CT molecular complexity index is 1490. The Morgan fingerprint density at radius 3 is 2.42 bits per heavy atom. The van der Waals surface area contributed by atoms with Crippen LogP contribution in [0.25, 0.3) is 11.0 Å². The van der Waals surface area contributed by atoms with E-state index in [9.17, 15) is 14.4 Å². The number of nitrogens with zero attached hydrogens (tertiary/aromatic N) is 2. The predicted octanol–water partition coefficient (Wildman–Crippen LogP) is 4.34. The fraction of sp³-hybridized carbons (Fsp3) is 0.154. The van der Waals surface area contributed by atoms with Crippen molar-refractivity contribution in [3.8, 4) is 0 Å². The van der Waals surface area contributed by atoms with Crippen molar-refractivity contribution in [3.05, 3.63) is 105 Å². The Morgan fingerprint density at radius 1 is 1.00 bits per heavy atom. The van der Waals surface area contributed by atoms with Crippen molar-refractivity contribution in [2.45, 2.75) is 19.9 Å². The zero-order chi connectivity index (χ0) is 23.3. The largest absolute Gasteiger partial charge is 0.465 e. The summed E-state index contributed by atoms with van der Waals surface area (Å²) in [5.41, 5.74) is 3.20. The maximum Gasteiger partial charge on any atom is 0.337 e. The first-order valence-corrected chi connectivity index (χ1v) is 10.4. The van der Waals surface area contributed by atoms with Crippen LogP contribution in [-0.4, -0.2) is 24.0 Å². The van der Waals surface area contributed by atoms with Crippen LogP contribution in [0, 0.1) is 13.8 Å². The molecule has 0 bridgehead atoms. The van der Waals surface area contributed by atoms with E-state index in [0.717, 1.165) is 11.1 Å². The van der Waals surface area contributed by atoms with Gasteiger partial charge in [0.2, 0.25) is 5.76 Å². The van der Waals surface area contributed by atoms with Crippen molar-refractivity contribution >= 4 is 28.7 Å². The molecule has 7 nitrogen and oxygen atoms in total. The summed E-state index contributed by atoms with van der Waals surface area (Å²) >= 11 is 0. The van der Waals surface area contributed by atoms with Crippen LogP contribution in [0.1, 0.15) is 49.2 Å². The number of aryl methyl sites for hydroxylation is 2. The van der Waals surface area contributed by atoms with Gasteiger partial charge >= 0.3 is 5.97 Å². The molecule has 1 atom stereocenters. The molecule has 5 rings (SSSR count). The van der Waals surface area contributed by atoms with Gasteiger partial charge in [-0.1, -0.05) is 23.8 Å². The Labute approximate surface area is 189 Å². The van der Waals surface area contributed by atoms with E-state index in [2.05, 4.69) is 4.98 Å². The molecule has 0 saturated carbocycles. The minimum atomic E-state index is -0.755. The van der Waals surface area contributed by atoms with Gasteiger partial charge in [-0.05, 0) is 61.4 Å². The van der Waals surface area contributed by atoms with Crippen molar-refractivity contribution in [1.82, 2.24) is 4.98 Å². The van der Waals surface area contributed by atoms with E-state index in [-0.39, 0.29) is 16.8 Å². The number of methoxy groups -OCH3 is 1. The number of anilines is 1. The Kier molecular flexibility index (Phi) is 4.82. The quantitative estimate of drug-likeness (QED) is 0.440. The number of fused-ring (bicyclic) bond motifs is 2. The van der Waals surface area contributed by atoms with Gasteiger partial charge in [0.05, 0.1) is 29.7 Å². The third-order valence-electron chi connectivity index (χ3n) is 5.82. The fourth-order valence-electron chi connectivity index (χ4n) is 4.21. The Hall–Kier alpha value is -4.26. The van der Waals surface area contributed by atoms with Crippen molar-refractivity contribution < 1.29 is 18.7 Å². The minimum Gasteiger partial charge on any atom is -0.465 e. The summed E-state index contributed by atoms with van der Waals surface area (Å²) < 4.78 is 10.8. The van der Waals surface area contributed by atoms with Crippen molar-refractivity contribution in [2.24, 2.45) is 0 Å². The third-order valence-corrected chi connectivity index (χ3v) is 5.82. The second-order valence-corrected chi connectivity index (χ2v) is 8.06. The molecule has 2 aromatic carbocycles. The number of amides is 1. The van der Waals surface area contributed by atoms with Crippen LogP contribution in [-0.2, 0) is 4.74 Å². The molecule has 0 unspecified atom stereocenters. The number of carbonyl (C=O) groups excluding carboxylic acids is 2. The van der Waals surface area contributed by atoms with Crippen molar-refractivity contribution in [1.29, 1.82) is 0 Å². The third kappa shape index (κ3) is 3.29. The van der Waals surface area contributed by atoms with Crippen LogP contribution in [0.15, 0.2) is 70.0 Å². The highest BCUT2D eigenvalue weighted by atomic mass is 16.5. The molecule has 1 amide bonds. The van der Waals surface area contributed by atoms with Gasteiger partial charge < -0.3 is 9.15 Å². The summed E-state index contributed by atoms with van der Waals surface area (Å²) in [4.78, 5) is 44.9. The average molecular weight is 440 g/mol. The molecule has 1 aliphatic rings. The van der Waals surface area contributed by atoms with E-state index in [1.807, 2.05) is 26.0 Å². The zero-order valence-corrected chi connectivity index (χ0v) is 18.3. The molecular weight excluding hydrogens is 420 g/mol. The van der Waals surface area contributed by atoms with Crippen molar-refractivity contribution in [3.63, 3.8) is 0 Å². The van der Waals surface area contributed by atoms with E-state index in [1.54, 1.807) is 48.7 Å². The van der Waals surface area contributed by atoms with Gasteiger partial charge in [-0.3, -0.25) is 14.5 Å². The number of ether oxygens (including phenoxy) is 1. The summed E-state index contributed by atoms with van der Waals surface area (Å²) in [6.07, 6.45) is 1.62. The molecule has 0 radical (unpaired) electrons. The van der Waals surface area contributed by atoms with Gasteiger partial charge in [0.15, 0.2) is 5.43 Å². The first kappa shape index (κ1) is 20.6. The highest BCUT2D eigenvalue weighted by Crippen LogP contribution is 2.40. The molecule has 164 valence electrons. The molecule has 2 aromatic heterocycles. The SMILES string of the molecule is COC(=O)c1ccc([C@H]2c3c(oc4ccc(C)cc4c3=O)C(=O)N2c2cc(C)ccn2)cc1. The van der Waals surface area contributed by atoms with Gasteiger partial charge in [-0.15, -0.1) is 0 Å². The smallest absolute Gasteiger partial charge is 0.337 e. The van der Waals surface area contributed by atoms with Crippen LogP contribution in [0.4, 0.5) is 5.82 Å². The lowest BCUT2D eigenvalue weighted by molar-refractivity contribution is 0.0600. The molecule has 33 heavy (non-hydrogen) atoms. The maximum atomic E-state index is 13.6. The number of hydrogen-bond acceptors (Lipinski definition) is 6. The van der Waals surface area contributed by atoms with E-state index >= 15 is 0 Å². The monoisotopic (exact) mass is 440 g/mol. The van der Waals surface area contributed by atoms with E-state index in [4.69, 9.17) is 9.15 Å². The topological polar surface area (TPSA) is 89.7 Å². The number of esters is 1. The van der Waals surface area contributed by atoms with Crippen LogP contribution in [0.3, 0.4) is 0 Å². The summed E-state index contributed by atoms with van der Waals surface area (Å²) in [7, 11) is 1.31. The average Bonchev–Trinajstić information content (AvgIpc) is 3.11. The first-order valence-electron chi connectivity index (χ1n) is 10.4. The lowest BCUT2D eigenvalue weighted by Gasteiger charge is -2.24. The molecule has 4 aromatic rings. The Morgan fingerprint density at radius 2 is 1.73 bits per heavy atom. The highest BCUT2D eigenvalue weighted by molar-refractivity contribution is 6.10. The molecular formula is C26H20N2O5. The maximum absolute atomic E-state index is 13.6. The lowest BCUT2D eigenvalue weighted by Crippen LogP contribution is -2.30. The predicted molar refractivity (Wildman–Crippen MR) is 123 cm³/mol. The van der Waals surface area contributed by atoms with Crippen LogP contribution in [0.5, 0.6) is 0 Å². The summed E-state index contributed by atoms with van der Waals surface area (Å²) in [6.45, 7) is 3.79. The molecule has 7 heteroatoms. The summed E-state index contributed by atoms with van der Waals surface area (Å²) in [5.74, 6) is -0.498. The molecule has 0 N–H and O–H groups in total. The number of rotatable bonds is 3. The number of aromatic nitrogens is 1. The van der Waals surface area contributed by atoms with E-state index in [0.29, 0.717) is 27.9 Å². The number of hydrogen-bond donors (Lipinski definition) is 0. The van der Waals surface area contributed by atoms with Gasteiger partial charge in [0.25, 0.3) is 5.91 Å². The molecule has 0 fully saturated rings. The highest BCUT2D eigenvalue weighted by Gasteiger charge is 2.44. The Balaban J connectivity index is 1.77. The van der Waals surface area contributed by atoms with Crippen LogP contribution in [0.2, 0.25) is 0 Å². The standard InChI is InChI=1S/C26H20N2O5/c1-14-4-9-19-18(12-14)23(29)21-22(16-5-7-17(8-6-16)26(31)32-3)28(25(30)24(21)33-19)20-13-15(2)10-11-27-20/h4-13,22H,1-3H3/t22-/m0/s1. The second kappa shape index (κ2) is 7.70. The number of benzene rings is 2. The normalized spacial score (nSPS) is 15.1. The van der Waals surface area contributed by atoms with Gasteiger partial charge in [0, 0.05) is 6.20 Å². The van der Waals surface area contributed by atoms with Crippen molar-refractivity contribution in [2.75, 3.05) is 12.0 Å². The first-order chi connectivity index (χ1) is 15.9. The molecule has 3 heterocycles. The van der Waals surface area contributed by atoms with Gasteiger partial charge in [-0.25, -0.2) is 9.78 Å². The van der Waals surface area contributed by atoms with Gasteiger partial charge in [0.1, 0.15) is 11.4 Å². The number of pyridine rings is 1.